The van der Waals surface area contributed by atoms with Gasteiger partial charge in [0.05, 0.1) is 37.4 Å². The molecule has 8 aliphatic rings. The number of allylic oxidation sites excluding steroid dienone is 4. The Labute approximate surface area is 461 Å². The van der Waals surface area contributed by atoms with Crippen LogP contribution in [0.5, 0.6) is 0 Å². The van der Waals surface area contributed by atoms with E-state index in [0.29, 0.717) is 49.7 Å². The van der Waals surface area contributed by atoms with Crippen molar-refractivity contribution in [2.75, 3.05) is 19.8 Å². The minimum absolute atomic E-state index is 0.0232. The highest BCUT2D eigenvalue weighted by Crippen LogP contribution is 2.76. The van der Waals surface area contributed by atoms with E-state index in [1.165, 1.54) is 0 Å². The molecule has 11 unspecified atom stereocenters. The lowest BCUT2D eigenvalue weighted by Gasteiger charge is -2.72. The summed E-state index contributed by atoms with van der Waals surface area (Å²) in [6, 6.07) is 0. The van der Waals surface area contributed by atoms with Crippen LogP contribution in [0, 0.1) is 50.2 Å². The molecule has 3 saturated heterocycles. The number of carbonyl (C=O) groups is 3. The first-order valence-electron chi connectivity index (χ1n) is 28.0. The highest BCUT2D eigenvalue weighted by atomic mass is 16.8. The van der Waals surface area contributed by atoms with E-state index in [0.717, 1.165) is 5.57 Å². The Bertz CT molecular complexity index is 2350. The maximum Gasteiger partial charge on any atom is 0.335 e. The predicted molar refractivity (Wildman–Crippen MR) is 275 cm³/mol. The molecule has 0 aromatic carbocycles. The molecule has 25 atom stereocenters. The van der Waals surface area contributed by atoms with Gasteiger partial charge in [-0.25, -0.2) is 14.4 Å². The van der Waals surface area contributed by atoms with Crippen molar-refractivity contribution in [3.8, 4) is 0 Å². The summed E-state index contributed by atoms with van der Waals surface area (Å²) in [7, 11) is 0. The second-order valence-corrected chi connectivity index (χ2v) is 26.0. The fourth-order valence-electron chi connectivity index (χ4n) is 16.2. The monoisotopic (exact) mass is 1120 g/mol. The average molecular weight is 1130 g/mol. The normalized spacial score (nSPS) is 48.6. The highest BCUT2D eigenvalue weighted by molar-refractivity contribution is 5.89. The number of carboxylic acid groups (broad SMARTS) is 1. The van der Waals surface area contributed by atoms with Gasteiger partial charge >= 0.3 is 17.9 Å². The summed E-state index contributed by atoms with van der Waals surface area (Å²) in [5, 5.41) is 121. The minimum Gasteiger partial charge on any atom is -0.479 e. The van der Waals surface area contributed by atoms with Gasteiger partial charge in [-0.05, 0) is 112 Å². The summed E-state index contributed by atoms with van der Waals surface area (Å²) in [5.74, 6) is -3.40. The maximum atomic E-state index is 13.8. The van der Waals surface area contributed by atoms with Gasteiger partial charge in [0.2, 0.25) is 0 Å². The Morgan fingerprint density at radius 2 is 1.19 bits per heavy atom. The van der Waals surface area contributed by atoms with Crippen molar-refractivity contribution in [1.29, 1.82) is 0 Å². The van der Waals surface area contributed by atoms with Crippen molar-refractivity contribution >= 4 is 17.9 Å². The standard InChI is InChI=1S/C57H88O22/c1-12-25(3)47(70)78-44-45(79-48(71)26(4)13-2)57(24-60)28(20-52(44,5)6)27-14-15-32-54(9)18-17-34(53(7,8)31(54)16-19-55(32,10)56(27,11)21-33(57)61)74-51-43(77-50-39(66)37(64)35(62)29(22-58)72-50)41(40(67)42(76-51)46(68)69)75-49-38(65)36(63)30(23-59)73-49/h12-14,28-45,49-51,58-67H,15-24H2,1-11H3,(H,68,69)/b25-12-,26-13-/t28?,29?,30-,31?,32?,33+,34-,35-,36?,37?,38?,39?,40-,41?,42?,43?,44-,45-,49-,50-,51+,54-,55+,56+,57-/m0/s1. The van der Waals surface area contributed by atoms with Crippen LogP contribution in [0.1, 0.15) is 121 Å². The molecule has 3 heterocycles. The van der Waals surface area contributed by atoms with Crippen LogP contribution in [0.3, 0.4) is 0 Å². The number of aliphatic hydroxyl groups excluding tert-OH is 10. The zero-order valence-corrected chi connectivity index (χ0v) is 47.3. The Hall–Kier alpha value is -3.01. The lowest BCUT2D eigenvalue weighted by Crippen LogP contribution is -2.72. The molecule has 8 rings (SSSR count). The number of fused-ring (bicyclic) bond motifs is 7. The number of carbonyl (C=O) groups excluding carboxylic acids is 2. The van der Waals surface area contributed by atoms with E-state index in [4.69, 9.17) is 37.9 Å². The SMILES string of the molecule is C/C=C(/C)C(=O)O[C@H]1[C@H](OC(=O)/C(C)=C\C)[C@@]2(CO)C(CC1(C)C)C1=CCC3[C@@]4(C)CC[C@H](O[C@@H]5OC(C(=O)O)[C@@H](O)C(O[C@@H]6O[C@@H](CO)C(O)C6O)C5O[C@@H]5OC(CO)[C@H](O)C(O)C5O)C(C)(C)C4CC[C@@]3(C)[C@]1(C)C[C@H]2O. The van der Waals surface area contributed by atoms with E-state index in [1.807, 2.05) is 13.8 Å². The third kappa shape index (κ3) is 9.99. The number of hydrogen-bond acceptors (Lipinski definition) is 21. The zero-order chi connectivity index (χ0) is 58.4. The van der Waals surface area contributed by atoms with E-state index < -0.39 is 181 Å². The first kappa shape index (κ1) is 62.0. The van der Waals surface area contributed by atoms with E-state index in [1.54, 1.807) is 39.8 Å². The first-order chi connectivity index (χ1) is 36.9. The van der Waals surface area contributed by atoms with E-state index >= 15 is 0 Å². The van der Waals surface area contributed by atoms with Crippen LogP contribution >= 0.6 is 0 Å². The number of aliphatic carboxylic acids is 1. The van der Waals surface area contributed by atoms with Crippen LogP contribution in [0.2, 0.25) is 0 Å². The number of ether oxygens (including phenoxy) is 8. The number of aliphatic hydroxyl groups is 10. The largest absolute Gasteiger partial charge is 0.479 e. The molecule has 0 amide bonds. The van der Waals surface area contributed by atoms with Crippen molar-refractivity contribution in [3.63, 3.8) is 0 Å². The van der Waals surface area contributed by atoms with Crippen molar-refractivity contribution in [2.45, 2.75) is 232 Å². The molecule has 22 heteroatoms. The van der Waals surface area contributed by atoms with Gasteiger partial charge in [-0.1, -0.05) is 72.3 Å². The van der Waals surface area contributed by atoms with Gasteiger partial charge in [-0.2, -0.15) is 0 Å². The summed E-state index contributed by atoms with van der Waals surface area (Å²) in [5.41, 5.74) is -2.71. The Morgan fingerprint density at radius 1 is 0.646 bits per heavy atom. The molecule has 448 valence electrons. The van der Waals surface area contributed by atoms with E-state index in [-0.39, 0.29) is 23.7 Å². The molecule has 22 nitrogen and oxygen atoms in total. The van der Waals surface area contributed by atoms with Gasteiger partial charge in [-0.3, -0.25) is 0 Å². The Kier molecular flexibility index (Phi) is 17.7. The van der Waals surface area contributed by atoms with Crippen LogP contribution in [-0.2, 0) is 52.3 Å². The van der Waals surface area contributed by atoms with Gasteiger partial charge in [-0.15, -0.1) is 0 Å². The number of hydrogen-bond donors (Lipinski definition) is 11. The van der Waals surface area contributed by atoms with Gasteiger partial charge in [0.25, 0.3) is 0 Å². The fourth-order valence-corrected chi connectivity index (χ4v) is 16.2. The minimum atomic E-state index is -2.10. The highest BCUT2D eigenvalue weighted by Gasteiger charge is 2.74. The van der Waals surface area contributed by atoms with Crippen LogP contribution in [0.25, 0.3) is 0 Å². The summed E-state index contributed by atoms with van der Waals surface area (Å²) in [6.07, 6.45) is -20.2. The van der Waals surface area contributed by atoms with Crippen molar-refractivity contribution < 1.29 is 108 Å². The molecule has 4 saturated carbocycles. The third-order valence-electron chi connectivity index (χ3n) is 21.3. The second-order valence-electron chi connectivity index (χ2n) is 26.0. The molecule has 5 aliphatic carbocycles. The summed E-state index contributed by atoms with van der Waals surface area (Å²) < 4.78 is 49.2. The van der Waals surface area contributed by atoms with Crippen molar-refractivity contribution in [2.24, 2.45) is 50.2 Å². The van der Waals surface area contributed by atoms with Crippen molar-refractivity contribution in [1.82, 2.24) is 0 Å². The van der Waals surface area contributed by atoms with Crippen LogP contribution in [-0.4, -0.2) is 204 Å². The first-order valence-corrected chi connectivity index (χ1v) is 28.0. The third-order valence-corrected chi connectivity index (χ3v) is 21.3. The van der Waals surface area contributed by atoms with Crippen molar-refractivity contribution in [3.05, 3.63) is 34.9 Å². The number of esters is 2. The zero-order valence-electron chi connectivity index (χ0n) is 47.3. The van der Waals surface area contributed by atoms with Gasteiger partial charge in [0.15, 0.2) is 31.1 Å². The lowest BCUT2D eigenvalue weighted by atomic mass is 9.33. The van der Waals surface area contributed by atoms with Crippen LogP contribution in [0.4, 0.5) is 0 Å². The number of rotatable bonds is 14. The molecular weight excluding hydrogens is 1040 g/mol. The average Bonchev–Trinajstić information content (AvgIpc) is 3.87. The molecular formula is C57H88O22. The predicted octanol–water partition coefficient (Wildman–Crippen LogP) is 1.29. The topological polar surface area (TPSA) is 348 Å². The Balaban J connectivity index is 1.12. The number of carboxylic acids is 1. The molecule has 0 spiro atoms. The molecule has 3 aliphatic heterocycles. The molecule has 0 aromatic rings. The smallest absolute Gasteiger partial charge is 0.335 e. The van der Waals surface area contributed by atoms with Crippen LogP contribution in [0.15, 0.2) is 34.9 Å². The maximum absolute atomic E-state index is 13.8. The van der Waals surface area contributed by atoms with E-state index in [2.05, 4.69) is 40.7 Å². The second kappa shape index (κ2) is 22.5. The molecule has 79 heavy (non-hydrogen) atoms. The fraction of sp³-hybridized carbons (Fsp3) is 0.842. The summed E-state index contributed by atoms with van der Waals surface area (Å²) in [4.78, 5) is 40.3. The van der Waals surface area contributed by atoms with E-state index in [9.17, 15) is 70.6 Å². The quantitative estimate of drug-likeness (QED) is 0.0505. The summed E-state index contributed by atoms with van der Waals surface area (Å²) in [6.45, 7) is 19.4. The van der Waals surface area contributed by atoms with Gasteiger partial charge in [0, 0.05) is 16.6 Å². The molecule has 0 aromatic heterocycles. The van der Waals surface area contributed by atoms with Gasteiger partial charge < -0.3 is 94.1 Å². The molecule has 11 N–H and O–H groups in total. The van der Waals surface area contributed by atoms with Gasteiger partial charge in [0.1, 0.15) is 67.1 Å². The summed E-state index contributed by atoms with van der Waals surface area (Å²) >= 11 is 0. The van der Waals surface area contributed by atoms with Crippen LogP contribution < -0.4 is 0 Å². The molecule has 0 radical (unpaired) electrons. The molecule has 0 bridgehead atoms. The lowest BCUT2D eigenvalue weighted by molar-refractivity contribution is -0.386. The Morgan fingerprint density at radius 3 is 1.73 bits per heavy atom. The molecule has 7 fully saturated rings.